The van der Waals surface area contributed by atoms with Crippen LogP contribution in [0, 0.1) is 0 Å². The molecule has 0 aliphatic rings. The second-order valence-electron chi connectivity index (χ2n) is 4.04. The second kappa shape index (κ2) is 4.87. The fraction of sp³-hybridized carbons (Fsp3) is 0.231. The fourth-order valence-electron chi connectivity index (χ4n) is 1.71. The van der Waals surface area contributed by atoms with E-state index in [9.17, 15) is 18.0 Å². The molecule has 0 bridgehead atoms. The second-order valence-corrected chi connectivity index (χ2v) is 4.04. The van der Waals surface area contributed by atoms with Gasteiger partial charge in [-0.25, -0.2) is 4.79 Å². The van der Waals surface area contributed by atoms with Gasteiger partial charge in [0, 0.05) is 5.56 Å². The van der Waals surface area contributed by atoms with Crippen molar-refractivity contribution >= 4 is 0 Å². The third-order valence-electron chi connectivity index (χ3n) is 2.68. The molecule has 6 heteroatoms. The molecule has 100 valence electrons. The Balaban J connectivity index is 2.56. The molecule has 0 aliphatic heterocycles. The van der Waals surface area contributed by atoms with Gasteiger partial charge in [-0.15, -0.1) is 0 Å². The molecule has 1 aromatic carbocycles. The molecule has 0 fully saturated rings. The van der Waals surface area contributed by atoms with Crippen molar-refractivity contribution < 1.29 is 13.2 Å². The van der Waals surface area contributed by atoms with Crippen LogP contribution in [0.1, 0.15) is 18.2 Å². The first-order chi connectivity index (χ1) is 8.90. The molecule has 0 saturated heterocycles. The predicted octanol–water partition coefficient (Wildman–Crippen LogP) is 3.02. The lowest BCUT2D eigenvalue weighted by atomic mass is 10.1. The molecule has 19 heavy (non-hydrogen) atoms. The molecule has 1 aromatic heterocycles. The molecule has 0 unspecified atom stereocenters. The van der Waals surface area contributed by atoms with Crippen LogP contribution in [0.25, 0.3) is 11.3 Å². The molecular weight excluding hydrogens is 257 g/mol. The zero-order chi connectivity index (χ0) is 14.0. The van der Waals surface area contributed by atoms with Crippen LogP contribution in [0.5, 0.6) is 0 Å². The summed E-state index contributed by atoms with van der Waals surface area (Å²) in [4.78, 5) is 16.5. The molecule has 0 spiro atoms. The highest BCUT2D eigenvalue weighted by molar-refractivity contribution is 5.60. The highest BCUT2D eigenvalue weighted by atomic mass is 19.4. The topological polar surface area (TPSA) is 45.8 Å². The minimum atomic E-state index is -4.60. The van der Waals surface area contributed by atoms with Gasteiger partial charge in [-0.05, 0) is 24.1 Å². The number of hydrogen-bond acceptors (Lipinski definition) is 2. The number of aromatic amines is 1. The first kappa shape index (κ1) is 13.3. The van der Waals surface area contributed by atoms with E-state index in [0.29, 0.717) is 5.56 Å². The van der Waals surface area contributed by atoms with Crippen molar-refractivity contribution in [2.75, 3.05) is 0 Å². The van der Waals surface area contributed by atoms with Crippen molar-refractivity contribution in [1.29, 1.82) is 0 Å². The minimum absolute atomic E-state index is 0.0198. The average molecular weight is 268 g/mol. The number of rotatable bonds is 2. The largest absolute Gasteiger partial charge is 0.431 e. The molecule has 0 atom stereocenters. The van der Waals surface area contributed by atoms with Crippen LogP contribution >= 0.6 is 0 Å². The third kappa shape index (κ3) is 3.01. The average Bonchev–Trinajstić information content (AvgIpc) is 2.37. The van der Waals surface area contributed by atoms with E-state index in [1.165, 1.54) is 0 Å². The zero-order valence-corrected chi connectivity index (χ0v) is 10.1. The Labute approximate surface area is 107 Å². The maximum absolute atomic E-state index is 12.6. The molecule has 2 aromatic rings. The van der Waals surface area contributed by atoms with Crippen LogP contribution in [-0.2, 0) is 12.6 Å². The molecule has 0 aliphatic carbocycles. The van der Waals surface area contributed by atoms with Crippen molar-refractivity contribution in [2.45, 2.75) is 19.5 Å². The molecule has 0 saturated carbocycles. The van der Waals surface area contributed by atoms with E-state index in [1.807, 2.05) is 13.0 Å². The number of halogens is 3. The lowest BCUT2D eigenvalue weighted by Gasteiger charge is -2.08. The van der Waals surface area contributed by atoms with E-state index < -0.39 is 17.6 Å². The van der Waals surface area contributed by atoms with Gasteiger partial charge in [0.2, 0.25) is 0 Å². The van der Waals surface area contributed by atoms with E-state index in [1.54, 1.807) is 23.2 Å². The van der Waals surface area contributed by atoms with Crippen molar-refractivity contribution in [3.63, 3.8) is 0 Å². The maximum Gasteiger partial charge on any atom is 0.431 e. The van der Waals surface area contributed by atoms with Gasteiger partial charge in [-0.3, -0.25) is 0 Å². The summed E-state index contributed by atoms with van der Waals surface area (Å²) in [7, 11) is 0. The number of aryl methyl sites for hydroxylation is 1. The Hall–Kier alpha value is -2.11. The van der Waals surface area contributed by atoms with Crippen LogP contribution in [0.2, 0.25) is 0 Å². The van der Waals surface area contributed by atoms with Crippen molar-refractivity contribution in [2.24, 2.45) is 0 Å². The van der Waals surface area contributed by atoms with Crippen molar-refractivity contribution in [1.82, 2.24) is 9.97 Å². The summed E-state index contributed by atoms with van der Waals surface area (Å²) in [6, 6.07) is 7.78. The molecular formula is C13H11F3N2O. The summed E-state index contributed by atoms with van der Waals surface area (Å²) >= 11 is 0. The Morgan fingerprint density at radius 1 is 1.26 bits per heavy atom. The number of benzene rings is 1. The van der Waals surface area contributed by atoms with E-state index in [4.69, 9.17) is 0 Å². The number of hydrogen-bond donors (Lipinski definition) is 1. The molecule has 2 rings (SSSR count). The van der Waals surface area contributed by atoms with Crippen LogP contribution in [0.4, 0.5) is 13.2 Å². The molecule has 0 amide bonds. The third-order valence-corrected chi connectivity index (χ3v) is 2.68. The standard InChI is InChI=1S/C13H11F3N2O/c1-2-8-4-3-5-9(6-8)10-7-11(13(14,15)16)18-12(19)17-10/h3-7H,2H2,1H3,(H,17,18,19). The van der Waals surface area contributed by atoms with E-state index in [2.05, 4.69) is 4.98 Å². The number of alkyl halides is 3. The lowest BCUT2D eigenvalue weighted by Crippen LogP contribution is -2.19. The first-order valence-electron chi connectivity index (χ1n) is 5.68. The van der Waals surface area contributed by atoms with E-state index >= 15 is 0 Å². The smallest absolute Gasteiger partial charge is 0.302 e. The monoisotopic (exact) mass is 268 g/mol. The van der Waals surface area contributed by atoms with Gasteiger partial charge in [0.05, 0.1) is 5.69 Å². The summed E-state index contributed by atoms with van der Waals surface area (Å²) in [5.74, 6) is 0. The van der Waals surface area contributed by atoms with Gasteiger partial charge in [-0.2, -0.15) is 18.2 Å². The van der Waals surface area contributed by atoms with Crippen LogP contribution in [0.3, 0.4) is 0 Å². The van der Waals surface area contributed by atoms with Gasteiger partial charge in [0.25, 0.3) is 0 Å². The number of nitrogens with one attached hydrogen (secondary N) is 1. The lowest BCUT2D eigenvalue weighted by molar-refractivity contribution is -0.141. The fourth-order valence-corrected chi connectivity index (χ4v) is 1.71. The SMILES string of the molecule is CCc1cccc(-c2cc(C(F)(F)F)[nH]c(=O)n2)c1. The zero-order valence-electron chi connectivity index (χ0n) is 10.1. The van der Waals surface area contributed by atoms with Crippen LogP contribution < -0.4 is 5.69 Å². The number of aromatic nitrogens is 2. The maximum atomic E-state index is 12.6. The van der Waals surface area contributed by atoms with Crippen molar-refractivity contribution in [3.05, 3.63) is 52.1 Å². The van der Waals surface area contributed by atoms with Gasteiger partial charge < -0.3 is 4.98 Å². The Morgan fingerprint density at radius 3 is 2.63 bits per heavy atom. The Kier molecular flexibility index (Phi) is 3.42. The van der Waals surface area contributed by atoms with Crippen LogP contribution in [0.15, 0.2) is 35.1 Å². The highest BCUT2D eigenvalue weighted by Gasteiger charge is 2.32. The Bertz CT molecular complexity index is 647. The molecule has 3 nitrogen and oxygen atoms in total. The summed E-state index contributed by atoms with van der Waals surface area (Å²) in [5.41, 5.74) is -0.619. The normalized spacial score (nSPS) is 11.6. The molecule has 0 radical (unpaired) electrons. The summed E-state index contributed by atoms with van der Waals surface area (Å²) in [6.07, 6.45) is -3.84. The van der Waals surface area contributed by atoms with Gasteiger partial charge in [-0.1, -0.05) is 25.1 Å². The number of H-pyrrole nitrogens is 1. The number of nitrogens with zero attached hydrogens (tertiary/aromatic N) is 1. The summed E-state index contributed by atoms with van der Waals surface area (Å²) in [6.45, 7) is 1.94. The summed E-state index contributed by atoms with van der Waals surface area (Å²) < 4.78 is 37.8. The van der Waals surface area contributed by atoms with Crippen LogP contribution in [-0.4, -0.2) is 9.97 Å². The summed E-state index contributed by atoms with van der Waals surface area (Å²) in [5, 5.41) is 0. The van der Waals surface area contributed by atoms with Gasteiger partial charge >= 0.3 is 11.9 Å². The van der Waals surface area contributed by atoms with Crippen molar-refractivity contribution in [3.8, 4) is 11.3 Å². The van der Waals surface area contributed by atoms with Gasteiger partial charge in [0.15, 0.2) is 0 Å². The van der Waals surface area contributed by atoms with E-state index in [0.717, 1.165) is 18.1 Å². The molecule has 1 heterocycles. The first-order valence-corrected chi connectivity index (χ1v) is 5.68. The quantitative estimate of drug-likeness (QED) is 0.910. The highest BCUT2D eigenvalue weighted by Crippen LogP contribution is 2.29. The van der Waals surface area contributed by atoms with Gasteiger partial charge in [0.1, 0.15) is 5.69 Å². The van der Waals surface area contributed by atoms with E-state index in [-0.39, 0.29) is 5.69 Å². The minimum Gasteiger partial charge on any atom is -0.302 e. The Morgan fingerprint density at radius 2 is 2.00 bits per heavy atom. The molecule has 1 N–H and O–H groups in total. The predicted molar refractivity (Wildman–Crippen MR) is 64.7 cm³/mol.